The molecule has 0 saturated carbocycles. The van der Waals surface area contributed by atoms with E-state index in [1.807, 2.05) is 6.07 Å². The molecule has 0 unspecified atom stereocenters. The topological polar surface area (TPSA) is 92.4 Å². The zero-order valence-electron chi connectivity index (χ0n) is 9.54. The van der Waals surface area contributed by atoms with Crippen LogP contribution in [0.15, 0.2) is 30.3 Å². The van der Waals surface area contributed by atoms with Gasteiger partial charge in [-0.1, -0.05) is 18.2 Å². The number of carboxylic acid groups (broad SMARTS) is 1. The summed E-state index contributed by atoms with van der Waals surface area (Å²) in [5.74, 6) is -0.604. The van der Waals surface area contributed by atoms with Gasteiger partial charge in [0.15, 0.2) is 0 Å². The van der Waals surface area contributed by atoms with Crippen molar-refractivity contribution in [3.8, 4) is 0 Å². The van der Waals surface area contributed by atoms with Crippen molar-refractivity contribution in [2.45, 2.75) is 6.04 Å². The molecule has 0 heterocycles. The lowest BCUT2D eigenvalue weighted by Crippen LogP contribution is -2.33. The Kier molecular flexibility index (Phi) is 8.19. The third-order valence-electron chi connectivity index (χ3n) is 1.99. The van der Waals surface area contributed by atoms with E-state index in [4.69, 9.17) is 10.8 Å². The summed E-state index contributed by atoms with van der Waals surface area (Å²) >= 11 is 1.27. The molecule has 18 heavy (non-hydrogen) atoms. The summed E-state index contributed by atoms with van der Waals surface area (Å²) in [4.78, 5) is 22.0. The largest absolute Gasteiger partial charge is 0.480 e. The molecule has 0 aliphatic rings. The fourth-order valence-corrected chi connectivity index (χ4v) is 1.81. The number of aliphatic carboxylic acids is 1. The van der Waals surface area contributed by atoms with Crippen LogP contribution in [0.25, 0.3) is 0 Å². The zero-order valence-corrected chi connectivity index (χ0v) is 11.2. The Morgan fingerprint density at radius 2 is 1.94 bits per heavy atom. The molecule has 0 aromatic heterocycles. The number of carbonyl (C=O) groups excluding carboxylic acids is 1. The maximum atomic E-state index is 11.6. The van der Waals surface area contributed by atoms with Gasteiger partial charge in [0.1, 0.15) is 6.04 Å². The van der Waals surface area contributed by atoms with Crippen molar-refractivity contribution in [2.24, 2.45) is 5.73 Å². The summed E-state index contributed by atoms with van der Waals surface area (Å²) in [5.41, 5.74) is 5.89. The lowest BCUT2D eigenvalue weighted by Gasteiger charge is -2.07. The molecule has 1 aromatic rings. The predicted molar refractivity (Wildman–Crippen MR) is 74.1 cm³/mol. The van der Waals surface area contributed by atoms with E-state index < -0.39 is 12.0 Å². The average Bonchev–Trinajstić information content (AvgIpc) is 2.35. The quantitative estimate of drug-likeness (QED) is 0.536. The van der Waals surface area contributed by atoms with Gasteiger partial charge in [-0.25, -0.2) is 0 Å². The van der Waals surface area contributed by atoms with Gasteiger partial charge < -0.3 is 16.2 Å². The lowest BCUT2D eigenvalue weighted by molar-refractivity contribution is -0.137. The molecule has 0 aliphatic heterocycles. The maximum Gasteiger partial charge on any atom is 0.321 e. The van der Waals surface area contributed by atoms with Crippen LogP contribution in [0.1, 0.15) is 10.4 Å². The van der Waals surface area contributed by atoms with E-state index >= 15 is 0 Å². The number of hydrogen-bond acceptors (Lipinski definition) is 4. The van der Waals surface area contributed by atoms with Crippen LogP contribution in [0.2, 0.25) is 0 Å². The highest BCUT2D eigenvalue weighted by Crippen LogP contribution is 2.02. The third kappa shape index (κ3) is 5.90. The number of hydrogen-bond donors (Lipinski definition) is 3. The minimum absolute atomic E-state index is 0. The Morgan fingerprint density at radius 3 is 2.50 bits per heavy atom. The molecule has 1 rings (SSSR count). The molecule has 1 atom stereocenters. The van der Waals surface area contributed by atoms with Crippen molar-refractivity contribution in [3.05, 3.63) is 35.9 Å². The number of nitrogens with one attached hydrogen (secondary N) is 1. The first kappa shape index (κ1) is 16.8. The normalized spacial score (nSPS) is 11.2. The number of amides is 1. The monoisotopic (exact) mass is 290 g/mol. The van der Waals surface area contributed by atoms with Gasteiger partial charge in [0.05, 0.1) is 5.88 Å². The van der Waals surface area contributed by atoms with E-state index in [9.17, 15) is 9.59 Å². The first-order valence-corrected chi connectivity index (χ1v) is 6.16. The molecule has 7 heteroatoms. The Morgan fingerprint density at radius 1 is 1.33 bits per heavy atom. The maximum absolute atomic E-state index is 11.6. The molecule has 0 fully saturated rings. The van der Waals surface area contributed by atoms with Crippen LogP contribution in [0, 0.1) is 0 Å². The number of halogens is 1. The Hall–Kier alpha value is -1.24. The SMILES string of the molecule is Cl.N[C@@H](CSCNC(=O)c1ccccc1)C(=O)O. The molecule has 0 bridgehead atoms. The summed E-state index contributed by atoms with van der Waals surface area (Å²) in [5, 5.41) is 11.2. The van der Waals surface area contributed by atoms with Gasteiger partial charge in [-0.05, 0) is 12.1 Å². The number of thioether (sulfide) groups is 1. The standard InChI is InChI=1S/C11H14N2O3S.ClH/c12-9(11(15)16)6-17-7-13-10(14)8-4-2-1-3-5-8;/h1-5,9H,6-7,12H2,(H,13,14)(H,15,16);1H/t9-;/m0./s1. The molecule has 100 valence electrons. The lowest BCUT2D eigenvalue weighted by atomic mass is 10.2. The second-order valence-electron chi connectivity index (χ2n) is 3.33. The number of carbonyl (C=O) groups is 2. The van der Waals surface area contributed by atoms with Gasteiger partial charge in [-0.3, -0.25) is 9.59 Å². The summed E-state index contributed by atoms with van der Waals surface area (Å²) in [6, 6.07) is 7.92. The average molecular weight is 291 g/mol. The molecule has 4 N–H and O–H groups in total. The van der Waals surface area contributed by atoms with Crippen LogP contribution < -0.4 is 11.1 Å². The van der Waals surface area contributed by atoms with Crippen molar-refractivity contribution in [3.63, 3.8) is 0 Å². The van der Waals surface area contributed by atoms with E-state index in [0.29, 0.717) is 11.4 Å². The van der Waals surface area contributed by atoms with E-state index in [1.165, 1.54) is 11.8 Å². The van der Waals surface area contributed by atoms with Crippen LogP contribution in [0.4, 0.5) is 0 Å². The summed E-state index contributed by atoms with van der Waals surface area (Å²) in [7, 11) is 0. The van der Waals surface area contributed by atoms with Crippen LogP contribution in [-0.2, 0) is 4.79 Å². The number of rotatable bonds is 6. The number of nitrogens with two attached hydrogens (primary N) is 1. The van der Waals surface area contributed by atoms with Crippen LogP contribution >= 0.6 is 24.2 Å². The van der Waals surface area contributed by atoms with Gasteiger partial charge in [-0.15, -0.1) is 24.2 Å². The van der Waals surface area contributed by atoms with E-state index in [0.717, 1.165) is 0 Å². The van der Waals surface area contributed by atoms with E-state index in [2.05, 4.69) is 5.32 Å². The van der Waals surface area contributed by atoms with Crippen LogP contribution in [0.5, 0.6) is 0 Å². The molecule has 0 radical (unpaired) electrons. The van der Waals surface area contributed by atoms with Crippen molar-refractivity contribution in [1.82, 2.24) is 5.32 Å². The van der Waals surface area contributed by atoms with Crippen molar-refractivity contribution < 1.29 is 14.7 Å². The van der Waals surface area contributed by atoms with E-state index in [-0.39, 0.29) is 24.1 Å². The van der Waals surface area contributed by atoms with Gasteiger partial charge in [-0.2, -0.15) is 0 Å². The number of benzene rings is 1. The predicted octanol–water partition coefficient (Wildman–Crippen LogP) is 0.941. The molecule has 1 aromatic carbocycles. The highest BCUT2D eigenvalue weighted by molar-refractivity contribution is 7.99. The van der Waals surface area contributed by atoms with Crippen molar-refractivity contribution >= 4 is 36.0 Å². The van der Waals surface area contributed by atoms with Crippen molar-refractivity contribution in [2.75, 3.05) is 11.6 Å². The van der Waals surface area contributed by atoms with Gasteiger partial charge in [0.2, 0.25) is 0 Å². The molecular weight excluding hydrogens is 276 g/mol. The molecule has 5 nitrogen and oxygen atoms in total. The van der Waals surface area contributed by atoms with Crippen LogP contribution in [0.3, 0.4) is 0 Å². The first-order chi connectivity index (χ1) is 8.11. The highest BCUT2D eigenvalue weighted by Gasteiger charge is 2.11. The van der Waals surface area contributed by atoms with Gasteiger partial charge in [0.25, 0.3) is 5.91 Å². The smallest absolute Gasteiger partial charge is 0.321 e. The zero-order chi connectivity index (χ0) is 12.7. The molecule has 0 saturated heterocycles. The summed E-state index contributed by atoms with van der Waals surface area (Å²) in [6.07, 6.45) is 0. The summed E-state index contributed by atoms with van der Waals surface area (Å²) in [6.45, 7) is 0. The van der Waals surface area contributed by atoms with E-state index in [1.54, 1.807) is 24.3 Å². The molecular formula is C11H15ClN2O3S. The fraction of sp³-hybridized carbons (Fsp3) is 0.273. The third-order valence-corrected chi connectivity index (χ3v) is 2.93. The Labute approximate surface area is 116 Å². The minimum Gasteiger partial charge on any atom is -0.480 e. The first-order valence-electron chi connectivity index (χ1n) is 5.00. The fourth-order valence-electron chi connectivity index (χ4n) is 1.07. The molecule has 1 amide bonds. The second kappa shape index (κ2) is 8.79. The van der Waals surface area contributed by atoms with Crippen LogP contribution in [-0.4, -0.2) is 34.7 Å². The Balaban J connectivity index is 0.00000289. The van der Waals surface area contributed by atoms with Gasteiger partial charge >= 0.3 is 5.97 Å². The summed E-state index contributed by atoms with van der Waals surface area (Å²) < 4.78 is 0. The van der Waals surface area contributed by atoms with Crippen molar-refractivity contribution in [1.29, 1.82) is 0 Å². The molecule has 0 aliphatic carbocycles. The number of carboxylic acids is 1. The second-order valence-corrected chi connectivity index (χ2v) is 4.36. The van der Waals surface area contributed by atoms with Gasteiger partial charge in [0, 0.05) is 11.3 Å². The highest BCUT2D eigenvalue weighted by atomic mass is 35.5. The molecule has 0 spiro atoms. The Bertz CT molecular complexity index is 389. The minimum atomic E-state index is -1.04.